The lowest BCUT2D eigenvalue weighted by Gasteiger charge is -2.34. The summed E-state index contributed by atoms with van der Waals surface area (Å²) in [4.78, 5) is 28.2. The molecule has 2 aliphatic rings. The highest BCUT2D eigenvalue weighted by molar-refractivity contribution is 7.89. The second kappa shape index (κ2) is 9.94. The number of hydrogen-bond acceptors (Lipinski definition) is 7. The Balaban J connectivity index is 1.40. The van der Waals surface area contributed by atoms with Crippen LogP contribution in [0, 0.1) is 5.41 Å². The van der Waals surface area contributed by atoms with Crippen molar-refractivity contribution in [1.29, 1.82) is 0 Å². The van der Waals surface area contributed by atoms with E-state index in [0.29, 0.717) is 5.92 Å². The van der Waals surface area contributed by atoms with Crippen molar-refractivity contribution in [2.24, 2.45) is 12.5 Å². The molecular weight excluding hydrogens is 486 g/mol. The number of aryl methyl sites for hydroxylation is 1. The molecule has 0 bridgehead atoms. The number of likely N-dealkylation sites (tertiary alicyclic amines) is 1. The van der Waals surface area contributed by atoms with Crippen LogP contribution in [0.3, 0.4) is 0 Å². The molecule has 198 valence electrons. The predicted octanol–water partition coefficient (Wildman–Crippen LogP) is 0.138. The van der Waals surface area contributed by atoms with Crippen molar-refractivity contribution in [3.05, 3.63) is 30.4 Å². The van der Waals surface area contributed by atoms with Crippen LogP contribution in [0.2, 0.25) is 0 Å². The van der Waals surface area contributed by atoms with Gasteiger partial charge in [-0.3, -0.25) is 9.59 Å². The van der Waals surface area contributed by atoms with E-state index in [0.717, 1.165) is 18.5 Å². The van der Waals surface area contributed by atoms with Crippen LogP contribution >= 0.6 is 0 Å². The van der Waals surface area contributed by atoms with Crippen molar-refractivity contribution in [2.75, 3.05) is 19.6 Å². The highest BCUT2D eigenvalue weighted by atomic mass is 32.2. The Hall–Kier alpha value is -2.77. The van der Waals surface area contributed by atoms with E-state index < -0.39 is 39.5 Å². The molecule has 12 nitrogen and oxygen atoms in total. The molecule has 3 atom stereocenters. The zero-order chi connectivity index (χ0) is 26.3. The van der Waals surface area contributed by atoms with Gasteiger partial charge in [0.25, 0.3) is 0 Å². The van der Waals surface area contributed by atoms with Gasteiger partial charge in [-0.05, 0) is 24.3 Å². The molecule has 1 saturated carbocycles. The van der Waals surface area contributed by atoms with Gasteiger partial charge < -0.3 is 19.9 Å². The van der Waals surface area contributed by atoms with Crippen LogP contribution < -0.4 is 10.0 Å². The van der Waals surface area contributed by atoms with Gasteiger partial charge in [0, 0.05) is 57.6 Å². The third-order valence-corrected chi connectivity index (χ3v) is 7.98. The fourth-order valence-corrected chi connectivity index (χ4v) is 5.62. The molecule has 2 aromatic rings. The van der Waals surface area contributed by atoms with Gasteiger partial charge in [-0.15, -0.1) is 5.10 Å². The number of carbonyl (C=O) groups excluding carboxylic acids is 2. The summed E-state index contributed by atoms with van der Waals surface area (Å²) < 4.78 is 30.3. The minimum atomic E-state index is -3.69. The van der Waals surface area contributed by atoms with E-state index in [1.165, 1.54) is 17.2 Å². The molecular formula is C23H35N7O5S. The minimum absolute atomic E-state index is 0.0142. The number of aromatic nitrogens is 4. The summed E-state index contributed by atoms with van der Waals surface area (Å²) in [6, 6.07) is -0.0797. The number of carbonyl (C=O) groups is 2. The Morgan fingerprint density at radius 2 is 1.94 bits per heavy atom. The van der Waals surface area contributed by atoms with Crippen molar-refractivity contribution in [1.82, 2.24) is 34.5 Å². The maximum absolute atomic E-state index is 13.7. The number of β-amino-alcohol motifs (C(OH)–C–C–N with tert-alkyl or cyclic N) is 1. The topological polar surface area (TPSA) is 151 Å². The molecule has 0 radical (unpaired) electrons. The number of aliphatic hydroxyl groups is 1. The number of nitrogens with one attached hydrogen (secondary N) is 2. The molecule has 4 rings (SSSR count). The van der Waals surface area contributed by atoms with Gasteiger partial charge >= 0.3 is 0 Å². The zero-order valence-electron chi connectivity index (χ0n) is 21.1. The average molecular weight is 522 g/mol. The molecule has 2 aromatic heterocycles. The third kappa shape index (κ3) is 5.79. The molecule has 0 unspecified atom stereocenters. The first-order chi connectivity index (χ1) is 16.9. The molecule has 2 amide bonds. The highest BCUT2D eigenvalue weighted by Gasteiger charge is 2.45. The molecule has 3 heterocycles. The highest BCUT2D eigenvalue weighted by Crippen LogP contribution is 2.40. The number of hydrogen-bond donors (Lipinski definition) is 3. The summed E-state index contributed by atoms with van der Waals surface area (Å²) in [5.41, 5.74) is 0.348. The smallest absolute Gasteiger partial charge is 0.248 e. The monoisotopic (exact) mass is 521 g/mol. The van der Waals surface area contributed by atoms with Crippen LogP contribution in [0.1, 0.15) is 57.7 Å². The summed E-state index contributed by atoms with van der Waals surface area (Å²) in [6.45, 7) is 5.83. The van der Waals surface area contributed by atoms with Crippen LogP contribution in [0.5, 0.6) is 0 Å². The van der Waals surface area contributed by atoms with Gasteiger partial charge in [0.1, 0.15) is 12.1 Å². The molecule has 3 N–H and O–H groups in total. The van der Waals surface area contributed by atoms with Crippen molar-refractivity contribution in [3.8, 4) is 0 Å². The number of rotatable bonds is 9. The zero-order valence-corrected chi connectivity index (χ0v) is 21.9. The van der Waals surface area contributed by atoms with Crippen LogP contribution in [-0.2, 0) is 26.7 Å². The summed E-state index contributed by atoms with van der Waals surface area (Å²) in [5.74, 6) is -0.360. The lowest BCUT2D eigenvalue weighted by Crippen LogP contribution is -2.51. The second-order valence-corrected chi connectivity index (χ2v) is 12.5. The Bertz CT molecular complexity index is 1210. The van der Waals surface area contributed by atoms with Crippen molar-refractivity contribution in [2.45, 2.75) is 69.0 Å². The van der Waals surface area contributed by atoms with Gasteiger partial charge in [0.2, 0.25) is 21.8 Å². The molecule has 0 spiro atoms. The van der Waals surface area contributed by atoms with E-state index in [4.69, 9.17) is 0 Å². The Kier molecular flexibility index (Phi) is 7.26. The van der Waals surface area contributed by atoms with Crippen LogP contribution in [0.4, 0.5) is 0 Å². The first-order valence-corrected chi connectivity index (χ1v) is 13.6. The Morgan fingerprint density at radius 3 is 2.56 bits per heavy atom. The Labute approximate surface area is 211 Å². The quantitative estimate of drug-likeness (QED) is 0.397. The second-order valence-electron chi connectivity index (χ2n) is 10.8. The predicted molar refractivity (Wildman–Crippen MR) is 130 cm³/mol. The minimum Gasteiger partial charge on any atom is -0.391 e. The standard InChI is InChI=1S/C23H35N7O5S/c1-23(2,3)20(30-14-18(26-27-30)15-5-6-15)22(33)29-12-16(31)11-19(29)21(32)24-8-9-25-36(34,35)17-7-10-28(4)13-17/h7,10,13-16,19-20,25,31H,5-6,8-9,11-12H2,1-4H3,(H,24,32)/t16-,19+,20-/m1/s1. The van der Waals surface area contributed by atoms with E-state index in [2.05, 4.69) is 20.4 Å². The molecule has 2 fully saturated rings. The molecule has 1 aliphatic carbocycles. The maximum atomic E-state index is 13.7. The van der Waals surface area contributed by atoms with Crippen molar-refractivity contribution >= 4 is 21.8 Å². The van der Waals surface area contributed by atoms with Gasteiger partial charge in [-0.1, -0.05) is 26.0 Å². The lowest BCUT2D eigenvalue weighted by molar-refractivity contribution is -0.144. The van der Waals surface area contributed by atoms with Gasteiger partial charge in [-0.25, -0.2) is 17.8 Å². The van der Waals surface area contributed by atoms with E-state index in [-0.39, 0.29) is 36.9 Å². The molecule has 1 aliphatic heterocycles. The van der Waals surface area contributed by atoms with Crippen LogP contribution in [0.15, 0.2) is 29.6 Å². The molecule has 13 heteroatoms. The fraction of sp³-hybridized carbons (Fsp3) is 0.652. The van der Waals surface area contributed by atoms with Crippen molar-refractivity contribution < 1.29 is 23.1 Å². The van der Waals surface area contributed by atoms with E-state index in [1.807, 2.05) is 27.0 Å². The summed E-state index contributed by atoms with van der Waals surface area (Å²) >= 11 is 0. The average Bonchev–Trinajstić information content (AvgIpc) is 3.16. The van der Waals surface area contributed by atoms with Crippen LogP contribution in [-0.4, -0.2) is 81.6 Å². The summed E-state index contributed by atoms with van der Waals surface area (Å²) in [6.07, 6.45) is 6.33. The fourth-order valence-electron chi connectivity index (χ4n) is 4.54. The number of nitrogens with zero attached hydrogens (tertiary/aromatic N) is 5. The van der Waals surface area contributed by atoms with E-state index >= 15 is 0 Å². The SMILES string of the molecule is Cn1ccc(S(=O)(=O)NCCNC(=O)[C@@H]2C[C@@H](O)CN2C(=O)[C@@H](n2cc(C3CC3)nn2)C(C)(C)C)c1. The molecule has 1 saturated heterocycles. The van der Waals surface area contributed by atoms with Gasteiger partial charge in [0.05, 0.1) is 16.7 Å². The van der Waals surface area contributed by atoms with Crippen molar-refractivity contribution in [3.63, 3.8) is 0 Å². The Morgan fingerprint density at radius 1 is 1.22 bits per heavy atom. The molecule has 36 heavy (non-hydrogen) atoms. The molecule has 0 aromatic carbocycles. The van der Waals surface area contributed by atoms with Gasteiger partial charge in [-0.2, -0.15) is 0 Å². The van der Waals surface area contributed by atoms with E-state index in [1.54, 1.807) is 22.5 Å². The number of sulfonamides is 1. The first kappa shape index (κ1) is 26.3. The maximum Gasteiger partial charge on any atom is 0.248 e. The normalized spacial score (nSPS) is 21.5. The summed E-state index contributed by atoms with van der Waals surface area (Å²) in [7, 11) is -1.97. The largest absolute Gasteiger partial charge is 0.391 e. The summed E-state index contributed by atoms with van der Waals surface area (Å²) in [5, 5.41) is 21.5. The lowest BCUT2D eigenvalue weighted by atomic mass is 9.85. The van der Waals surface area contributed by atoms with Gasteiger partial charge in [0.15, 0.2) is 0 Å². The first-order valence-electron chi connectivity index (χ1n) is 12.2. The van der Waals surface area contributed by atoms with Crippen LogP contribution in [0.25, 0.3) is 0 Å². The third-order valence-electron chi connectivity index (χ3n) is 6.54. The van der Waals surface area contributed by atoms with E-state index in [9.17, 15) is 23.1 Å². The number of amides is 2. The number of aliphatic hydroxyl groups excluding tert-OH is 1.